The number of thiophene rings is 1. The molecule has 6 rings (SSSR count). The number of hydrogen-bond donors (Lipinski definition) is 3. The van der Waals surface area contributed by atoms with Crippen LogP contribution in [0.15, 0.2) is 66.7 Å². The van der Waals surface area contributed by atoms with Gasteiger partial charge in [0.15, 0.2) is 5.11 Å². The Kier molecular flexibility index (Phi) is 9.40. The third-order valence-electron chi connectivity index (χ3n) is 7.92. The summed E-state index contributed by atoms with van der Waals surface area (Å²) in [5.41, 5.74) is 3.65. The van der Waals surface area contributed by atoms with E-state index in [0.29, 0.717) is 11.7 Å². The number of rotatable bonds is 11. The molecule has 2 aliphatic heterocycles. The van der Waals surface area contributed by atoms with Crippen LogP contribution in [-0.4, -0.2) is 72.7 Å². The first kappa shape index (κ1) is 28.7. The van der Waals surface area contributed by atoms with Gasteiger partial charge >= 0.3 is 0 Å². The fourth-order valence-electron chi connectivity index (χ4n) is 5.57. The molecule has 0 saturated carbocycles. The van der Waals surface area contributed by atoms with Crippen LogP contribution in [0.3, 0.4) is 0 Å². The predicted octanol–water partition coefficient (Wildman–Crippen LogP) is 5.80. The van der Waals surface area contributed by atoms with E-state index in [2.05, 4.69) is 56.8 Å². The molecule has 0 spiro atoms. The fraction of sp³-hybridized carbons (Fsp3) is 0.364. The monoisotopic (exact) mass is 602 g/mol. The topological polar surface area (TPSA) is 69.2 Å². The second-order valence-corrected chi connectivity index (χ2v) is 12.4. The highest BCUT2D eigenvalue weighted by Gasteiger charge is 2.16. The van der Waals surface area contributed by atoms with Crippen molar-refractivity contribution in [3.8, 4) is 27.7 Å². The maximum Gasteiger partial charge on any atom is 0.168 e. The average molecular weight is 603 g/mol. The van der Waals surface area contributed by atoms with Gasteiger partial charge in [-0.15, -0.1) is 11.3 Å². The van der Waals surface area contributed by atoms with Gasteiger partial charge in [0, 0.05) is 22.7 Å². The van der Waals surface area contributed by atoms with Crippen LogP contribution < -0.4 is 20.1 Å². The lowest BCUT2D eigenvalue weighted by Crippen LogP contribution is -2.54. The van der Waals surface area contributed by atoms with Gasteiger partial charge in [-0.2, -0.15) is 0 Å². The first-order valence-electron chi connectivity index (χ1n) is 14.8. The molecule has 4 aromatic rings. The zero-order valence-electron chi connectivity index (χ0n) is 23.8. The SMILES string of the molecule is Oc1ccc2c(Cc3ccc(OCCN4CCCCC4)cc3)c(-c3ccc(OCCN4CNC(=S)NC4)cc3)sc2c1. The minimum absolute atomic E-state index is 0.289. The Hall–Kier alpha value is -3.37. The Morgan fingerprint density at radius 1 is 0.786 bits per heavy atom. The van der Waals surface area contributed by atoms with Gasteiger partial charge in [-0.1, -0.05) is 18.6 Å². The van der Waals surface area contributed by atoms with Gasteiger partial charge in [0.1, 0.15) is 30.5 Å². The molecule has 42 heavy (non-hydrogen) atoms. The van der Waals surface area contributed by atoms with E-state index in [4.69, 9.17) is 21.7 Å². The summed E-state index contributed by atoms with van der Waals surface area (Å²) in [5.74, 6) is 2.06. The largest absolute Gasteiger partial charge is 0.508 e. The van der Waals surface area contributed by atoms with E-state index in [0.717, 1.165) is 61.2 Å². The lowest BCUT2D eigenvalue weighted by Gasteiger charge is -2.29. The van der Waals surface area contributed by atoms with Crippen molar-refractivity contribution in [2.45, 2.75) is 25.7 Å². The molecule has 0 amide bonds. The number of aromatic hydroxyl groups is 1. The highest BCUT2D eigenvalue weighted by Crippen LogP contribution is 2.41. The van der Waals surface area contributed by atoms with E-state index in [9.17, 15) is 5.11 Å². The van der Waals surface area contributed by atoms with E-state index in [-0.39, 0.29) is 5.75 Å². The summed E-state index contributed by atoms with van der Waals surface area (Å²) in [6, 6.07) is 22.5. The standard InChI is InChI=1S/C33H38N4O3S2/c38-26-8-13-29-30(20-24-4-9-27(10-5-24)39-18-16-36-14-2-1-3-15-36)32(42-31(29)21-26)25-6-11-28(12-7-25)40-19-17-37-22-34-33(41)35-23-37/h4-13,21,38H,1-3,14-20,22-23H2,(H2,34,35,41). The van der Waals surface area contributed by atoms with E-state index in [1.165, 1.54) is 53.7 Å². The van der Waals surface area contributed by atoms with Crippen molar-refractivity contribution in [3.05, 3.63) is 77.9 Å². The first-order chi connectivity index (χ1) is 20.6. The molecule has 0 radical (unpaired) electrons. The summed E-state index contributed by atoms with van der Waals surface area (Å²) >= 11 is 6.83. The van der Waals surface area contributed by atoms with Crippen molar-refractivity contribution in [1.29, 1.82) is 0 Å². The van der Waals surface area contributed by atoms with Gasteiger partial charge in [-0.25, -0.2) is 0 Å². The summed E-state index contributed by atoms with van der Waals surface area (Å²) in [6.07, 6.45) is 4.76. The predicted molar refractivity (Wildman–Crippen MR) is 175 cm³/mol. The molecule has 7 nitrogen and oxygen atoms in total. The number of benzene rings is 3. The van der Waals surface area contributed by atoms with Gasteiger partial charge in [0.05, 0.1) is 13.3 Å². The Morgan fingerprint density at radius 3 is 2.12 bits per heavy atom. The molecule has 0 bridgehead atoms. The third-order valence-corrected chi connectivity index (χ3v) is 9.46. The minimum atomic E-state index is 0.289. The Balaban J connectivity index is 1.11. The van der Waals surface area contributed by atoms with Crippen LogP contribution in [0.25, 0.3) is 20.5 Å². The zero-order chi connectivity index (χ0) is 28.7. The van der Waals surface area contributed by atoms with Crippen molar-refractivity contribution in [3.63, 3.8) is 0 Å². The number of likely N-dealkylation sites (tertiary alicyclic amines) is 1. The highest BCUT2D eigenvalue weighted by atomic mass is 32.1. The molecule has 0 unspecified atom stereocenters. The Labute approximate surface area is 257 Å². The van der Waals surface area contributed by atoms with Gasteiger partial charge in [0.25, 0.3) is 0 Å². The average Bonchev–Trinajstić information content (AvgIpc) is 3.37. The number of nitrogens with one attached hydrogen (secondary N) is 2. The summed E-state index contributed by atoms with van der Waals surface area (Å²) in [5, 5.41) is 18.3. The number of fused-ring (bicyclic) bond motifs is 1. The summed E-state index contributed by atoms with van der Waals surface area (Å²) < 4.78 is 13.2. The number of nitrogens with zero attached hydrogens (tertiary/aromatic N) is 2. The van der Waals surface area contributed by atoms with Crippen LogP contribution in [0.2, 0.25) is 0 Å². The van der Waals surface area contributed by atoms with E-state index >= 15 is 0 Å². The number of hydrogen-bond acceptors (Lipinski definition) is 7. The molecule has 3 heterocycles. The van der Waals surface area contributed by atoms with Gasteiger partial charge in [0.2, 0.25) is 0 Å². The second-order valence-electron chi connectivity index (χ2n) is 10.9. The number of ether oxygens (including phenoxy) is 2. The molecule has 0 aliphatic carbocycles. The van der Waals surface area contributed by atoms with E-state index in [1.54, 1.807) is 17.4 Å². The maximum absolute atomic E-state index is 10.2. The molecule has 2 fully saturated rings. The molecule has 0 atom stereocenters. The lowest BCUT2D eigenvalue weighted by molar-refractivity contribution is 0.183. The summed E-state index contributed by atoms with van der Waals surface area (Å²) in [7, 11) is 0. The third kappa shape index (κ3) is 7.33. The fourth-order valence-corrected chi connectivity index (χ4v) is 6.96. The van der Waals surface area contributed by atoms with Crippen LogP contribution >= 0.6 is 23.6 Å². The molecule has 3 N–H and O–H groups in total. The Bertz CT molecular complexity index is 1470. The van der Waals surface area contributed by atoms with Crippen molar-refractivity contribution in [1.82, 2.24) is 20.4 Å². The molecule has 1 aromatic heterocycles. The number of thiocarbonyl (C=S) groups is 1. The van der Waals surface area contributed by atoms with E-state index in [1.807, 2.05) is 24.3 Å². The van der Waals surface area contributed by atoms with Gasteiger partial charge in [-0.3, -0.25) is 9.80 Å². The second kappa shape index (κ2) is 13.7. The normalized spacial score (nSPS) is 16.2. The first-order valence-corrected chi connectivity index (χ1v) is 16.0. The highest BCUT2D eigenvalue weighted by molar-refractivity contribution is 7.80. The van der Waals surface area contributed by atoms with Crippen molar-refractivity contribution in [2.75, 3.05) is 52.7 Å². The maximum atomic E-state index is 10.2. The van der Waals surface area contributed by atoms with Crippen LogP contribution in [0.4, 0.5) is 0 Å². The smallest absolute Gasteiger partial charge is 0.168 e. The summed E-state index contributed by atoms with van der Waals surface area (Å²) in [6.45, 7) is 6.96. The molecule has 9 heteroatoms. The van der Waals surface area contributed by atoms with Crippen LogP contribution in [-0.2, 0) is 6.42 Å². The number of piperidine rings is 1. The van der Waals surface area contributed by atoms with Gasteiger partial charge < -0.3 is 25.2 Å². The molecule has 2 aliphatic rings. The van der Waals surface area contributed by atoms with Crippen LogP contribution in [0.5, 0.6) is 17.2 Å². The molecule has 220 valence electrons. The number of phenolic OH excluding ortho intramolecular Hbond substituents is 1. The Morgan fingerprint density at radius 2 is 1.43 bits per heavy atom. The molecular weight excluding hydrogens is 565 g/mol. The minimum Gasteiger partial charge on any atom is -0.508 e. The summed E-state index contributed by atoms with van der Waals surface area (Å²) in [4.78, 5) is 5.92. The molecule has 3 aromatic carbocycles. The number of phenols is 1. The van der Waals surface area contributed by atoms with E-state index < -0.39 is 0 Å². The van der Waals surface area contributed by atoms with Crippen molar-refractivity contribution in [2.24, 2.45) is 0 Å². The lowest BCUT2D eigenvalue weighted by atomic mass is 9.99. The van der Waals surface area contributed by atoms with Gasteiger partial charge in [-0.05, 0) is 121 Å². The van der Waals surface area contributed by atoms with Crippen molar-refractivity contribution < 1.29 is 14.6 Å². The molecule has 2 saturated heterocycles. The molecular formula is C33H38N4O3S2. The van der Waals surface area contributed by atoms with Crippen LogP contribution in [0.1, 0.15) is 30.4 Å². The zero-order valence-corrected chi connectivity index (χ0v) is 25.4. The van der Waals surface area contributed by atoms with Crippen molar-refractivity contribution >= 4 is 38.8 Å². The van der Waals surface area contributed by atoms with Crippen LogP contribution in [0, 0.1) is 0 Å². The quantitative estimate of drug-likeness (QED) is 0.186.